The fourth-order valence-electron chi connectivity index (χ4n) is 4.91. The van der Waals surface area contributed by atoms with E-state index in [0.29, 0.717) is 40.4 Å². The van der Waals surface area contributed by atoms with Gasteiger partial charge in [0.1, 0.15) is 5.52 Å². The van der Waals surface area contributed by atoms with Crippen molar-refractivity contribution in [3.05, 3.63) is 59.2 Å². The smallest absolute Gasteiger partial charge is 0.332 e. The quantitative estimate of drug-likeness (QED) is 0.430. The number of H-pyrrole nitrogens is 1. The van der Waals surface area contributed by atoms with Crippen LogP contribution in [0.2, 0.25) is 0 Å². The standard InChI is InChI=1S/C24H22F3N3O3/c1-11(2)23-19(12-3-6-18(24(31)32)33-10-12)20-17(7-13-9-28-29-22(13)21(20)27)30(23)14-4-5-15(25)16(26)8-14/h4-5,7-9,11-12,18H,3,6,10H2,1-2H3,(H,28,29)(H,31,32)/t12-,18+/m1/s1. The van der Waals surface area contributed by atoms with Gasteiger partial charge in [-0.05, 0) is 42.5 Å². The van der Waals surface area contributed by atoms with E-state index < -0.39 is 29.5 Å². The molecule has 3 heterocycles. The Kier molecular flexibility index (Phi) is 5.16. The third kappa shape index (κ3) is 3.38. The first kappa shape index (κ1) is 21.5. The maximum absolute atomic E-state index is 15.9. The summed E-state index contributed by atoms with van der Waals surface area (Å²) in [6, 6.07) is 5.38. The van der Waals surface area contributed by atoms with Crippen molar-refractivity contribution in [1.29, 1.82) is 0 Å². The molecular weight excluding hydrogens is 435 g/mol. The van der Waals surface area contributed by atoms with Crippen LogP contribution in [0, 0.1) is 17.5 Å². The van der Waals surface area contributed by atoms with Crippen molar-refractivity contribution >= 4 is 27.8 Å². The topological polar surface area (TPSA) is 80.1 Å². The molecule has 0 amide bonds. The third-order valence-electron chi connectivity index (χ3n) is 6.35. The number of nitrogens with one attached hydrogen (secondary N) is 1. The van der Waals surface area contributed by atoms with E-state index >= 15 is 4.39 Å². The average molecular weight is 457 g/mol. The number of carboxylic acids is 1. The van der Waals surface area contributed by atoms with Crippen LogP contribution in [0.15, 0.2) is 30.5 Å². The summed E-state index contributed by atoms with van der Waals surface area (Å²) in [5.41, 5.74) is 2.57. The van der Waals surface area contributed by atoms with Crippen LogP contribution in [-0.4, -0.2) is 38.6 Å². The predicted octanol–water partition coefficient (Wildman–Crippen LogP) is 5.39. The number of aromatic nitrogens is 3. The molecule has 2 N–H and O–H groups in total. The Bertz CT molecular complexity index is 1380. The monoisotopic (exact) mass is 457 g/mol. The molecule has 1 aliphatic heterocycles. The van der Waals surface area contributed by atoms with E-state index in [0.717, 1.165) is 17.8 Å². The lowest BCUT2D eigenvalue weighted by Gasteiger charge is -2.28. The van der Waals surface area contributed by atoms with Crippen LogP contribution in [0.3, 0.4) is 0 Å². The zero-order valence-corrected chi connectivity index (χ0v) is 18.0. The zero-order chi connectivity index (χ0) is 23.4. The molecular formula is C24H22F3N3O3. The van der Waals surface area contributed by atoms with Gasteiger partial charge in [0.05, 0.1) is 18.3 Å². The molecule has 2 atom stereocenters. The lowest BCUT2D eigenvalue weighted by atomic mass is 9.86. The van der Waals surface area contributed by atoms with Gasteiger partial charge in [0.25, 0.3) is 0 Å². The molecule has 2 aromatic carbocycles. The Morgan fingerprint density at radius 3 is 2.64 bits per heavy atom. The summed E-state index contributed by atoms with van der Waals surface area (Å²) in [5, 5.41) is 16.8. The van der Waals surface area contributed by atoms with Crippen LogP contribution in [0.4, 0.5) is 13.2 Å². The van der Waals surface area contributed by atoms with E-state index in [1.165, 1.54) is 12.3 Å². The molecule has 33 heavy (non-hydrogen) atoms. The molecule has 1 saturated heterocycles. The number of aliphatic carboxylic acids is 1. The molecule has 172 valence electrons. The number of hydrogen-bond acceptors (Lipinski definition) is 3. The Morgan fingerprint density at radius 1 is 1.21 bits per heavy atom. The van der Waals surface area contributed by atoms with E-state index in [1.54, 1.807) is 10.6 Å². The van der Waals surface area contributed by atoms with Gasteiger partial charge >= 0.3 is 5.97 Å². The van der Waals surface area contributed by atoms with Crippen LogP contribution in [0.1, 0.15) is 49.8 Å². The van der Waals surface area contributed by atoms with Crippen molar-refractivity contribution < 1.29 is 27.8 Å². The first-order chi connectivity index (χ1) is 15.8. The van der Waals surface area contributed by atoms with Crippen LogP contribution in [0.25, 0.3) is 27.5 Å². The Morgan fingerprint density at radius 2 is 2.00 bits per heavy atom. The maximum Gasteiger partial charge on any atom is 0.332 e. The predicted molar refractivity (Wildman–Crippen MR) is 116 cm³/mol. The summed E-state index contributed by atoms with van der Waals surface area (Å²) in [5.74, 6) is -3.84. The molecule has 2 aromatic heterocycles. The van der Waals surface area contributed by atoms with E-state index in [9.17, 15) is 18.7 Å². The molecule has 0 bridgehead atoms. The van der Waals surface area contributed by atoms with Crippen molar-refractivity contribution in [2.45, 2.75) is 44.6 Å². The molecule has 6 nitrogen and oxygen atoms in total. The highest BCUT2D eigenvalue weighted by Crippen LogP contribution is 2.44. The third-order valence-corrected chi connectivity index (χ3v) is 6.35. The van der Waals surface area contributed by atoms with Gasteiger partial charge in [-0.3, -0.25) is 5.10 Å². The summed E-state index contributed by atoms with van der Waals surface area (Å²) >= 11 is 0. The van der Waals surface area contributed by atoms with Crippen LogP contribution in [-0.2, 0) is 9.53 Å². The number of ether oxygens (including phenoxy) is 1. The highest BCUT2D eigenvalue weighted by atomic mass is 19.2. The number of benzene rings is 2. The summed E-state index contributed by atoms with van der Waals surface area (Å²) in [6.45, 7) is 4.01. The largest absolute Gasteiger partial charge is 0.479 e. The number of aromatic amines is 1. The lowest BCUT2D eigenvalue weighted by molar-refractivity contribution is -0.153. The van der Waals surface area contributed by atoms with Crippen LogP contribution >= 0.6 is 0 Å². The van der Waals surface area contributed by atoms with Crippen molar-refractivity contribution in [2.24, 2.45) is 0 Å². The van der Waals surface area contributed by atoms with Crippen molar-refractivity contribution in [3.63, 3.8) is 0 Å². The minimum absolute atomic E-state index is 0.103. The van der Waals surface area contributed by atoms with Gasteiger partial charge in [0, 0.05) is 34.1 Å². The van der Waals surface area contributed by atoms with Gasteiger partial charge in [0.2, 0.25) is 0 Å². The zero-order valence-electron chi connectivity index (χ0n) is 18.0. The average Bonchev–Trinajstić information content (AvgIpc) is 3.39. The second kappa shape index (κ2) is 7.91. The number of hydrogen-bond donors (Lipinski definition) is 2. The van der Waals surface area contributed by atoms with Crippen LogP contribution < -0.4 is 0 Å². The van der Waals surface area contributed by atoms with E-state index in [2.05, 4.69) is 10.2 Å². The molecule has 1 aliphatic rings. The minimum Gasteiger partial charge on any atom is -0.479 e. The van der Waals surface area contributed by atoms with Gasteiger partial charge in [-0.1, -0.05) is 13.8 Å². The minimum atomic E-state index is -1.02. The van der Waals surface area contributed by atoms with Gasteiger partial charge in [-0.2, -0.15) is 5.10 Å². The normalized spacial score (nSPS) is 19.1. The Hall–Kier alpha value is -3.33. The highest BCUT2D eigenvalue weighted by Gasteiger charge is 2.34. The molecule has 5 rings (SSSR count). The van der Waals surface area contributed by atoms with Gasteiger partial charge in [0.15, 0.2) is 23.6 Å². The number of halogens is 3. The molecule has 1 fully saturated rings. The first-order valence-corrected chi connectivity index (χ1v) is 10.8. The Balaban J connectivity index is 1.82. The maximum atomic E-state index is 15.9. The van der Waals surface area contributed by atoms with Gasteiger partial charge in [-0.15, -0.1) is 0 Å². The summed E-state index contributed by atoms with van der Waals surface area (Å²) < 4.78 is 51.1. The fraction of sp³-hybridized carbons (Fsp3) is 0.333. The molecule has 0 saturated carbocycles. The second-order valence-electron chi connectivity index (χ2n) is 8.74. The molecule has 0 spiro atoms. The molecule has 4 aromatic rings. The van der Waals surface area contributed by atoms with Crippen LogP contribution in [0.5, 0.6) is 0 Å². The number of nitrogens with zero attached hydrogens (tertiary/aromatic N) is 2. The van der Waals surface area contributed by atoms with Crippen molar-refractivity contribution in [3.8, 4) is 5.69 Å². The second-order valence-corrected chi connectivity index (χ2v) is 8.74. The fourth-order valence-corrected chi connectivity index (χ4v) is 4.91. The highest BCUT2D eigenvalue weighted by molar-refractivity contribution is 5.99. The van der Waals surface area contributed by atoms with E-state index in [1.807, 2.05) is 13.8 Å². The summed E-state index contributed by atoms with van der Waals surface area (Å²) in [4.78, 5) is 11.3. The van der Waals surface area contributed by atoms with Crippen molar-refractivity contribution in [1.82, 2.24) is 14.8 Å². The number of carboxylic acid groups (broad SMARTS) is 1. The lowest BCUT2D eigenvalue weighted by Crippen LogP contribution is -2.31. The van der Waals surface area contributed by atoms with Crippen molar-refractivity contribution in [2.75, 3.05) is 6.61 Å². The van der Waals surface area contributed by atoms with E-state index in [-0.39, 0.29) is 24.0 Å². The number of rotatable bonds is 4. The molecule has 9 heteroatoms. The number of fused-ring (bicyclic) bond motifs is 2. The molecule has 0 unspecified atom stereocenters. The molecule has 0 aliphatic carbocycles. The SMILES string of the molecule is CC(C)c1c([C@@H]2CC[C@@H](C(=O)O)OC2)c2c(F)c3[nH]ncc3cc2n1-c1ccc(F)c(F)c1. The molecule has 0 radical (unpaired) electrons. The van der Waals surface area contributed by atoms with Gasteiger partial charge in [-0.25, -0.2) is 18.0 Å². The van der Waals surface area contributed by atoms with Gasteiger partial charge < -0.3 is 14.4 Å². The van der Waals surface area contributed by atoms with E-state index in [4.69, 9.17) is 4.74 Å². The summed E-state index contributed by atoms with van der Waals surface area (Å²) in [6.07, 6.45) is 1.40. The first-order valence-electron chi connectivity index (χ1n) is 10.8. The Labute approximate surface area is 187 Å². The number of carbonyl (C=O) groups is 1. The summed E-state index contributed by atoms with van der Waals surface area (Å²) in [7, 11) is 0.